The summed E-state index contributed by atoms with van der Waals surface area (Å²) in [7, 11) is -2.03. The third kappa shape index (κ3) is 4.00. The van der Waals surface area contributed by atoms with Gasteiger partial charge in [-0.3, -0.25) is 4.79 Å². The number of ether oxygens (including phenoxy) is 1. The minimum Gasteiger partial charge on any atom is -0.497 e. The van der Waals surface area contributed by atoms with Gasteiger partial charge in [0, 0.05) is 18.2 Å². The molecule has 144 valence electrons. The van der Waals surface area contributed by atoms with Crippen molar-refractivity contribution in [3.63, 3.8) is 0 Å². The molecule has 1 aliphatic heterocycles. The number of carbonyl (C=O) groups is 1. The predicted molar refractivity (Wildman–Crippen MR) is 106 cm³/mol. The number of fused-ring (bicyclic) bond motifs is 1. The molecule has 2 unspecified atom stereocenters. The van der Waals surface area contributed by atoms with Gasteiger partial charge in [-0.05, 0) is 48.2 Å². The minimum atomic E-state index is -3.56. The molecule has 0 aromatic heterocycles. The number of anilines is 1. The summed E-state index contributed by atoms with van der Waals surface area (Å²) in [6, 6.07) is 14.1. The van der Waals surface area contributed by atoms with Crippen LogP contribution in [0.4, 0.5) is 5.69 Å². The molecule has 1 aliphatic rings. The highest BCUT2D eigenvalue weighted by molar-refractivity contribution is 7.91. The van der Waals surface area contributed by atoms with Crippen molar-refractivity contribution < 1.29 is 17.9 Å². The molecule has 1 heterocycles. The number of carbonyl (C=O) groups excluding carboxylic acids is 1. The number of nitrogens with zero attached hydrogens (tertiary/aromatic N) is 1. The molecule has 1 amide bonds. The highest BCUT2D eigenvalue weighted by atomic mass is 32.2. The number of sulfone groups is 1. The average Bonchev–Trinajstić information content (AvgIpc) is 2.67. The van der Waals surface area contributed by atoms with E-state index >= 15 is 0 Å². The Morgan fingerprint density at radius 3 is 2.52 bits per heavy atom. The van der Waals surface area contributed by atoms with Crippen LogP contribution in [0.2, 0.25) is 0 Å². The van der Waals surface area contributed by atoms with Crippen LogP contribution >= 0.6 is 0 Å². The first-order valence-electron chi connectivity index (χ1n) is 9.10. The van der Waals surface area contributed by atoms with Gasteiger partial charge in [0.2, 0.25) is 5.91 Å². The standard InChI is InChI=1S/C21H25NO4S/c1-15-12-13-22(20-7-5-4-6-19(15)20)21(23)16(2)14-27(24,25)18-10-8-17(26-3)9-11-18/h4-11,15-16H,12-14H2,1-3H3. The molecule has 0 N–H and O–H groups in total. The van der Waals surface area contributed by atoms with Gasteiger partial charge in [0.25, 0.3) is 0 Å². The van der Waals surface area contributed by atoms with Crippen LogP contribution in [0.25, 0.3) is 0 Å². The Morgan fingerprint density at radius 1 is 1.19 bits per heavy atom. The summed E-state index contributed by atoms with van der Waals surface area (Å²) in [5, 5.41) is 0. The topological polar surface area (TPSA) is 63.7 Å². The fourth-order valence-electron chi connectivity index (χ4n) is 3.52. The molecule has 6 heteroatoms. The Morgan fingerprint density at radius 2 is 1.85 bits per heavy atom. The maximum Gasteiger partial charge on any atom is 0.230 e. The van der Waals surface area contributed by atoms with Gasteiger partial charge in [-0.1, -0.05) is 32.0 Å². The zero-order chi connectivity index (χ0) is 19.6. The molecule has 0 saturated carbocycles. The summed E-state index contributed by atoms with van der Waals surface area (Å²) in [6.45, 7) is 4.45. The second-order valence-corrected chi connectivity index (χ2v) is 9.13. The molecular weight excluding hydrogens is 362 g/mol. The molecule has 0 aliphatic carbocycles. The predicted octanol–water partition coefficient (Wildman–Crippen LogP) is 3.65. The third-order valence-electron chi connectivity index (χ3n) is 5.12. The Labute approximate surface area is 160 Å². The second-order valence-electron chi connectivity index (χ2n) is 7.10. The highest BCUT2D eigenvalue weighted by Gasteiger charge is 2.31. The first-order chi connectivity index (χ1) is 12.8. The van der Waals surface area contributed by atoms with Crippen LogP contribution in [0.15, 0.2) is 53.4 Å². The molecule has 3 rings (SSSR count). The van der Waals surface area contributed by atoms with E-state index in [2.05, 4.69) is 6.92 Å². The lowest BCUT2D eigenvalue weighted by Crippen LogP contribution is -2.41. The smallest absolute Gasteiger partial charge is 0.230 e. The Bertz CT molecular complexity index is 921. The van der Waals surface area contributed by atoms with Crippen molar-refractivity contribution in [3.8, 4) is 5.75 Å². The number of amides is 1. The van der Waals surface area contributed by atoms with E-state index in [-0.39, 0.29) is 16.6 Å². The summed E-state index contributed by atoms with van der Waals surface area (Å²) in [5.74, 6) is -0.00227. The molecule has 0 saturated heterocycles. The van der Waals surface area contributed by atoms with Crippen molar-refractivity contribution in [1.29, 1.82) is 0 Å². The zero-order valence-corrected chi connectivity index (χ0v) is 16.7. The quantitative estimate of drug-likeness (QED) is 0.786. The van der Waals surface area contributed by atoms with Crippen LogP contribution in [0.5, 0.6) is 5.75 Å². The van der Waals surface area contributed by atoms with E-state index in [1.807, 2.05) is 24.3 Å². The lowest BCUT2D eigenvalue weighted by Gasteiger charge is -2.34. The maximum absolute atomic E-state index is 13.0. The molecule has 0 radical (unpaired) electrons. The van der Waals surface area contributed by atoms with Gasteiger partial charge in [0.15, 0.2) is 9.84 Å². The largest absolute Gasteiger partial charge is 0.497 e. The van der Waals surface area contributed by atoms with E-state index in [1.165, 1.54) is 19.2 Å². The van der Waals surface area contributed by atoms with E-state index < -0.39 is 15.8 Å². The van der Waals surface area contributed by atoms with Gasteiger partial charge in [0.05, 0.1) is 17.8 Å². The van der Waals surface area contributed by atoms with Crippen LogP contribution in [-0.2, 0) is 14.6 Å². The number of benzene rings is 2. The van der Waals surface area contributed by atoms with Crippen molar-refractivity contribution in [3.05, 3.63) is 54.1 Å². The first kappa shape index (κ1) is 19.4. The van der Waals surface area contributed by atoms with Crippen LogP contribution in [0, 0.1) is 5.92 Å². The zero-order valence-electron chi connectivity index (χ0n) is 15.9. The summed E-state index contributed by atoms with van der Waals surface area (Å²) in [4.78, 5) is 15.0. The Balaban J connectivity index is 1.78. The molecular formula is C21H25NO4S. The molecule has 0 bridgehead atoms. The molecule has 2 aromatic carbocycles. The molecule has 0 spiro atoms. The highest BCUT2D eigenvalue weighted by Crippen LogP contribution is 2.35. The number of hydrogen-bond donors (Lipinski definition) is 0. The summed E-state index contributed by atoms with van der Waals surface area (Å²) in [6.07, 6.45) is 0.876. The van der Waals surface area contributed by atoms with Crippen molar-refractivity contribution in [2.24, 2.45) is 5.92 Å². The van der Waals surface area contributed by atoms with Gasteiger partial charge >= 0.3 is 0 Å². The van der Waals surface area contributed by atoms with Crippen LogP contribution in [0.3, 0.4) is 0 Å². The minimum absolute atomic E-state index is 0.147. The molecule has 2 aromatic rings. The fourth-order valence-corrected chi connectivity index (χ4v) is 5.07. The molecule has 2 atom stereocenters. The van der Waals surface area contributed by atoms with E-state index in [4.69, 9.17) is 4.74 Å². The fraction of sp³-hybridized carbons (Fsp3) is 0.381. The van der Waals surface area contributed by atoms with Crippen molar-refractivity contribution in [2.75, 3.05) is 24.3 Å². The van der Waals surface area contributed by atoms with Crippen LogP contribution in [0.1, 0.15) is 31.7 Å². The SMILES string of the molecule is COc1ccc(S(=O)(=O)CC(C)C(=O)N2CCC(C)c3ccccc32)cc1. The van der Waals surface area contributed by atoms with E-state index in [0.717, 1.165) is 17.7 Å². The summed E-state index contributed by atoms with van der Waals surface area (Å²) < 4.78 is 30.5. The van der Waals surface area contributed by atoms with Crippen molar-refractivity contribution in [1.82, 2.24) is 0 Å². The second kappa shape index (κ2) is 7.72. The van der Waals surface area contributed by atoms with Gasteiger partial charge in [-0.2, -0.15) is 0 Å². The summed E-state index contributed by atoms with van der Waals surface area (Å²) in [5.41, 5.74) is 2.04. The molecule has 27 heavy (non-hydrogen) atoms. The van der Waals surface area contributed by atoms with Gasteiger partial charge in [-0.25, -0.2) is 8.42 Å². The van der Waals surface area contributed by atoms with Crippen molar-refractivity contribution >= 4 is 21.4 Å². The van der Waals surface area contributed by atoms with E-state index in [1.54, 1.807) is 24.0 Å². The first-order valence-corrected chi connectivity index (χ1v) is 10.8. The Hall–Kier alpha value is -2.34. The lowest BCUT2D eigenvalue weighted by molar-refractivity contribution is -0.121. The number of para-hydroxylation sites is 1. The lowest BCUT2D eigenvalue weighted by atomic mass is 9.91. The number of rotatable bonds is 5. The number of methoxy groups -OCH3 is 1. The molecule has 0 fully saturated rings. The van der Waals surface area contributed by atoms with Crippen molar-refractivity contribution in [2.45, 2.75) is 31.1 Å². The monoisotopic (exact) mass is 387 g/mol. The normalized spacial score (nSPS) is 17.9. The average molecular weight is 388 g/mol. The van der Waals surface area contributed by atoms with E-state index in [9.17, 15) is 13.2 Å². The van der Waals surface area contributed by atoms with Gasteiger partial charge < -0.3 is 9.64 Å². The van der Waals surface area contributed by atoms with Gasteiger partial charge in [-0.15, -0.1) is 0 Å². The Kier molecular flexibility index (Phi) is 5.56. The maximum atomic E-state index is 13.0. The van der Waals surface area contributed by atoms with Gasteiger partial charge in [0.1, 0.15) is 5.75 Å². The number of hydrogen-bond acceptors (Lipinski definition) is 4. The van der Waals surface area contributed by atoms with Crippen LogP contribution in [-0.4, -0.2) is 33.7 Å². The third-order valence-corrected chi connectivity index (χ3v) is 7.05. The van der Waals surface area contributed by atoms with E-state index in [0.29, 0.717) is 18.2 Å². The molecule has 5 nitrogen and oxygen atoms in total. The summed E-state index contributed by atoms with van der Waals surface area (Å²) >= 11 is 0. The van der Waals surface area contributed by atoms with Crippen LogP contribution < -0.4 is 9.64 Å².